The van der Waals surface area contributed by atoms with Gasteiger partial charge in [0.15, 0.2) is 0 Å². The standard InChI is InChI=1S/C21H30N4O3/c1-5-10-28-19(26)18-22-9-6-16(23-18)17-14-25(20(24-17)21(2,3)4)13-15-7-11-27-12-8-15/h6,9,14-15H,5,7-8,10-13H2,1-4H3. The molecule has 152 valence electrons. The van der Waals surface area contributed by atoms with Crippen LogP contribution in [0.2, 0.25) is 0 Å². The number of aromatic nitrogens is 4. The van der Waals surface area contributed by atoms with Crippen molar-refractivity contribution in [3.63, 3.8) is 0 Å². The highest BCUT2D eigenvalue weighted by Crippen LogP contribution is 2.28. The molecule has 7 nitrogen and oxygen atoms in total. The van der Waals surface area contributed by atoms with Crippen molar-refractivity contribution in [3.8, 4) is 11.4 Å². The van der Waals surface area contributed by atoms with Crippen molar-refractivity contribution in [1.82, 2.24) is 19.5 Å². The van der Waals surface area contributed by atoms with E-state index < -0.39 is 5.97 Å². The third-order valence-electron chi connectivity index (χ3n) is 4.78. The Balaban J connectivity index is 1.88. The van der Waals surface area contributed by atoms with Crippen molar-refractivity contribution in [2.75, 3.05) is 19.8 Å². The molecule has 2 aromatic rings. The molecule has 0 atom stereocenters. The minimum atomic E-state index is -0.499. The van der Waals surface area contributed by atoms with Crippen LogP contribution in [0.3, 0.4) is 0 Å². The van der Waals surface area contributed by atoms with E-state index in [1.807, 2.05) is 13.1 Å². The third-order valence-corrected chi connectivity index (χ3v) is 4.78. The highest BCUT2D eigenvalue weighted by atomic mass is 16.5. The zero-order valence-corrected chi connectivity index (χ0v) is 17.3. The number of rotatable bonds is 6. The Morgan fingerprint density at radius 1 is 1.25 bits per heavy atom. The number of carbonyl (C=O) groups excluding carboxylic acids is 1. The maximum atomic E-state index is 12.1. The minimum absolute atomic E-state index is 0.0715. The normalized spacial score (nSPS) is 15.6. The quantitative estimate of drug-likeness (QED) is 0.706. The number of ether oxygens (including phenoxy) is 2. The maximum absolute atomic E-state index is 12.1. The SMILES string of the molecule is CCCOC(=O)c1nccc(-c2cn(CC3CCOCC3)c(C(C)(C)C)n2)n1. The number of imidazole rings is 1. The summed E-state index contributed by atoms with van der Waals surface area (Å²) in [6, 6.07) is 1.78. The molecule has 0 unspecified atom stereocenters. The van der Waals surface area contributed by atoms with Gasteiger partial charge in [0.1, 0.15) is 11.5 Å². The van der Waals surface area contributed by atoms with Gasteiger partial charge in [0.05, 0.1) is 12.3 Å². The first kappa shape index (κ1) is 20.5. The molecule has 0 aromatic carbocycles. The molecule has 0 N–H and O–H groups in total. The monoisotopic (exact) mass is 386 g/mol. The fourth-order valence-electron chi connectivity index (χ4n) is 3.34. The lowest BCUT2D eigenvalue weighted by atomic mass is 9.94. The van der Waals surface area contributed by atoms with Crippen LogP contribution in [0.25, 0.3) is 11.4 Å². The van der Waals surface area contributed by atoms with Crippen LogP contribution in [-0.4, -0.2) is 45.3 Å². The van der Waals surface area contributed by atoms with Gasteiger partial charge in [-0.15, -0.1) is 0 Å². The fourth-order valence-corrected chi connectivity index (χ4v) is 3.34. The average molecular weight is 386 g/mol. The maximum Gasteiger partial charge on any atom is 0.376 e. The number of hydrogen-bond acceptors (Lipinski definition) is 6. The molecular weight excluding hydrogens is 356 g/mol. The molecule has 0 saturated carbocycles. The van der Waals surface area contributed by atoms with Gasteiger partial charge >= 0.3 is 5.97 Å². The van der Waals surface area contributed by atoms with Crippen LogP contribution in [0.4, 0.5) is 0 Å². The summed E-state index contributed by atoms with van der Waals surface area (Å²) in [6.07, 6.45) is 6.52. The Morgan fingerprint density at radius 3 is 2.68 bits per heavy atom. The van der Waals surface area contributed by atoms with Crippen LogP contribution in [-0.2, 0) is 21.4 Å². The Kier molecular flexibility index (Phi) is 6.44. The van der Waals surface area contributed by atoms with E-state index >= 15 is 0 Å². The highest BCUT2D eigenvalue weighted by molar-refractivity contribution is 5.85. The summed E-state index contributed by atoms with van der Waals surface area (Å²) in [5.41, 5.74) is 1.29. The van der Waals surface area contributed by atoms with E-state index in [0.29, 0.717) is 18.2 Å². The predicted octanol–water partition coefficient (Wildman–Crippen LogP) is 3.63. The summed E-state index contributed by atoms with van der Waals surface area (Å²) >= 11 is 0. The summed E-state index contributed by atoms with van der Waals surface area (Å²) in [5, 5.41) is 0. The number of esters is 1. The van der Waals surface area contributed by atoms with Crippen molar-refractivity contribution in [1.29, 1.82) is 0 Å². The first-order chi connectivity index (χ1) is 13.4. The van der Waals surface area contributed by atoms with E-state index in [1.165, 1.54) is 0 Å². The molecule has 3 heterocycles. The molecule has 0 amide bonds. The molecule has 7 heteroatoms. The second-order valence-corrected chi connectivity index (χ2v) is 8.31. The van der Waals surface area contributed by atoms with Gasteiger partial charge in [-0.05, 0) is 31.2 Å². The average Bonchev–Trinajstić information content (AvgIpc) is 3.11. The number of nitrogens with zero attached hydrogens (tertiary/aromatic N) is 4. The zero-order valence-electron chi connectivity index (χ0n) is 17.3. The van der Waals surface area contributed by atoms with Crippen molar-refractivity contribution < 1.29 is 14.3 Å². The molecule has 0 bridgehead atoms. The molecule has 1 fully saturated rings. The predicted molar refractivity (Wildman–Crippen MR) is 106 cm³/mol. The van der Waals surface area contributed by atoms with E-state index in [1.54, 1.807) is 12.3 Å². The van der Waals surface area contributed by atoms with Crippen LogP contribution in [0.1, 0.15) is 63.4 Å². The zero-order chi connectivity index (χ0) is 20.1. The summed E-state index contributed by atoms with van der Waals surface area (Å²) in [6.45, 7) is 11.4. The van der Waals surface area contributed by atoms with Crippen molar-refractivity contribution in [2.24, 2.45) is 5.92 Å². The lowest BCUT2D eigenvalue weighted by Crippen LogP contribution is -2.24. The first-order valence-electron chi connectivity index (χ1n) is 10.0. The van der Waals surface area contributed by atoms with Gasteiger partial charge in [-0.1, -0.05) is 27.7 Å². The molecule has 2 aromatic heterocycles. The Labute approximate surface area is 166 Å². The molecule has 0 radical (unpaired) electrons. The molecule has 1 aliphatic rings. The molecule has 0 aliphatic carbocycles. The topological polar surface area (TPSA) is 79.1 Å². The lowest BCUT2D eigenvalue weighted by molar-refractivity contribution is 0.0490. The second-order valence-electron chi connectivity index (χ2n) is 8.31. The van der Waals surface area contributed by atoms with Crippen LogP contribution in [0, 0.1) is 5.92 Å². The van der Waals surface area contributed by atoms with Crippen LogP contribution in [0.15, 0.2) is 18.5 Å². The molecule has 1 saturated heterocycles. The first-order valence-corrected chi connectivity index (χ1v) is 10.0. The second kappa shape index (κ2) is 8.82. The lowest BCUT2D eigenvalue weighted by Gasteiger charge is -2.25. The fraction of sp³-hybridized carbons (Fsp3) is 0.619. The van der Waals surface area contributed by atoms with Gasteiger partial charge in [-0.2, -0.15) is 0 Å². The van der Waals surface area contributed by atoms with E-state index in [9.17, 15) is 4.79 Å². The molecule has 0 spiro atoms. The van der Waals surface area contributed by atoms with E-state index in [-0.39, 0.29) is 11.2 Å². The molecule has 1 aliphatic heterocycles. The molecular formula is C21H30N4O3. The smallest absolute Gasteiger partial charge is 0.376 e. The van der Waals surface area contributed by atoms with Gasteiger partial charge < -0.3 is 14.0 Å². The van der Waals surface area contributed by atoms with E-state index in [2.05, 4.69) is 35.3 Å². The Bertz CT molecular complexity index is 804. The summed E-state index contributed by atoms with van der Waals surface area (Å²) in [4.78, 5) is 25.4. The van der Waals surface area contributed by atoms with Gasteiger partial charge in [0.2, 0.25) is 5.82 Å². The van der Waals surface area contributed by atoms with E-state index in [0.717, 1.165) is 50.5 Å². The van der Waals surface area contributed by atoms with E-state index in [4.69, 9.17) is 14.5 Å². The number of hydrogen-bond donors (Lipinski definition) is 0. The summed E-state index contributed by atoms with van der Waals surface area (Å²) < 4.78 is 12.9. The Hall–Kier alpha value is -2.28. The van der Waals surface area contributed by atoms with Gasteiger partial charge in [-0.25, -0.2) is 19.7 Å². The van der Waals surface area contributed by atoms with Gasteiger partial charge in [-0.3, -0.25) is 0 Å². The minimum Gasteiger partial charge on any atom is -0.460 e. The van der Waals surface area contributed by atoms with Gasteiger partial charge in [0.25, 0.3) is 0 Å². The van der Waals surface area contributed by atoms with Crippen LogP contribution in [0.5, 0.6) is 0 Å². The van der Waals surface area contributed by atoms with Crippen molar-refractivity contribution >= 4 is 5.97 Å². The highest BCUT2D eigenvalue weighted by Gasteiger charge is 2.25. The van der Waals surface area contributed by atoms with Gasteiger partial charge in [0, 0.05) is 37.6 Å². The van der Waals surface area contributed by atoms with Crippen molar-refractivity contribution in [2.45, 2.75) is 58.9 Å². The third kappa shape index (κ3) is 4.95. The molecule has 3 rings (SSSR count). The molecule has 28 heavy (non-hydrogen) atoms. The summed E-state index contributed by atoms with van der Waals surface area (Å²) in [5.74, 6) is 1.17. The van der Waals surface area contributed by atoms with Crippen molar-refractivity contribution in [3.05, 3.63) is 30.1 Å². The van der Waals surface area contributed by atoms with Crippen LogP contribution >= 0.6 is 0 Å². The van der Waals surface area contributed by atoms with Crippen LogP contribution < -0.4 is 0 Å². The number of carbonyl (C=O) groups is 1. The largest absolute Gasteiger partial charge is 0.460 e. The Morgan fingerprint density at radius 2 is 2.00 bits per heavy atom. The summed E-state index contributed by atoms with van der Waals surface area (Å²) in [7, 11) is 0.